The Hall–Kier alpha value is -0.720. The number of likely N-dealkylation sites (N-methyl/N-ethyl adjacent to an activating group) is 2. The van der Waals surface area contributed by atoms with Crippen LogP contribution in [0.1, 0.15) is 127 Å². The van der Waals surface area contributed by atoms with Gasteiger partial charge in [0.15, 0.2) is 0 Å². The van der Waals surface area contributed by atoms with E-state index in [-0.39, 0.29) is 33.7 Å². The van der Waals surface area contributed by atoms with Gasteiger partial charge >= 0.3 is 0 Å². The Morgan fingerprint density at radius 1 is 0.630 bits per heavy atom. The van der Waals surface area contributed by atoms with Gasteiger partial charge < -0.3 is 16.0 Å². The number of nitrogens with one attached hydrogen (secondary N) is 1. The van der Waals surface area contributed by atoms with Gasteiger partial charge in [0.05, 0.1) is 30.1 Å². The van der Waals surface area contributed by atoms with Crippen LogP contribution in [0.2, 0.25) is 30.1 Å². The zero-order valence-corrected chi connectivity index (χ0v) is 37.3. The summed E-state index contributed by atoms with van der Waals surface area (Å²) in [4.78, 5) is 2.47. The highest BCUT2D eigenvalue weighted by atomic mass is 35.5. The molecule has 54 heavy (non-hydrogen) atoms. The standard InChI is InChI=1S/C45H59Cl6N3/c1-6-19-44(52,42(23-9-24-42)31-12-15-34(47)37(50)28-31)39(17-18-40(54(4)5)41(21-8-22-41)30-11-14-33(46)36(49)27-30)45(53-3,20-7-2)43(25-10-26-43)32-13-16-35(48)38(51)29-32/h11-16,27-29,39-40,53H,6-10,17-26,52H2,1-5H3. The van der Waals surface area contributed by atoms with E-state index in [9.17, 15) is 0 Å². The topological polar surface area (TPSA) is 41.3 Å². The largest absolute Gasteiger partial charge is 0.324 e. The lowest BCUT2D eigenvalue weighted by molar-refractivity contribution is -0.0618. The third-order valence-electron chi connectivity index (χ3n) is 14.8. The first-order valence-electron chi connectivity index (χ1n) is 20.2. The molecule has 0 aromatic heterocycles. The SMILES string of the molecule is CCCC(N)(C(CCC(N(C)C)C1(c2ccc(Cl)c(Cl)c2)CCC1)C(CCC)(NC)C1(c2ccc(Cl)c(Cl)c2)CCC1)C1(c2ccc(Cl)c(Cl)c2)CCC1. The lowest BCUT2D eigenvalue weighted by atomic mass is 9.41. The van der Waals surface area contributed by atoms with E-state index in [1.165, 1.54) is 23.1 Å². The van der Waals surface area contributed by atoms with Gasteiger partial charge in [-0.1, -0.05) is 134 Å². The van der Waals surface area contributed by atoms with Gasteiger partial charge in [-0.2, -0.15) is 0 Å². The number of hydrogen-bond acceptors (Lipinski definition) is 3. The van der Waals surface area contributed by atoms with Crippen LogP contribution in [0.5, 0.6) is 0 Å². The monoisotopic (exact) mass is 851 g/mol. The predicted octanol–water partition coefficient (Wildman–Crippen LogP) is 13.9. The van der Waals surface area contributed by atoms with Crippen LogP contribution < -0.4 is 11.1 Å². The summed E-state index contributed by atoms with van der Waals surface area (Å²) in [6.45, 7) is 4.63. The van der Waals surface area contributed by atoms with Crippen LogP contribution >= 0.6 is 69.6 Å². The molecular formula is C45H59Cl6N3. The van der Waals surface area contributed by atoms with E-state index in [1.54, 1.807) is 0 Å². The van der Waals surface area contributed by atoms with E-state index < -0.39 is 5.54 Å². The van der Waals surface area contributed by atoms with Crippen molar-refractivity contribution in [1.82, 2.24) is 10.2 Å². The van der Waals surface area contributed by atoms with Gasteiger partial charge in [-0.3, -0.25) is 0 Å². The zero-order valence-electron chi connectivity index (χ0n) is 32.7. The Balaban J connectivity index is 1.57. The van der Waals surface area contributed by atoms with Crippen molar-refractivity contribution in [2.75, 3.05) is 21.1 Å². The normalized spacial score (nSPS) is 21.9. The van der Waals surface area contributed by atoms with Crippen LogP contribution in [0.15, 0.2) is 54.6 Å². The second-order valence-electron chi connectivity index (χ2n) is 17.1. The Kier molecular flexibility index (Phi) is 13.4. The number of benzene rings is 3. The number of rotatable bonds is 17. The molecule has 3 nitrogen and oxygen atoms in total. The fraction of sp³-hybridized carbons (Fsp3) is 0.600. The second kappa shape index (κ2) is 16.9. The molecule has 0 bridgehead atoms. The van der Waals surface area contributed by atoms with Crippen molar-refractivity contribution in [3.8, 4) is 0 Å². The van der Waals surface area contributed by atoms with E-state index in [0.717, 1.165) is 89.9 Å². The molecule has 3 fully saturated rings. The Morgan fingerprint density at radius 3 is 1.44 bits per heavy atom. The molecule has 0 amide bonds. The molecule has 3 aliphatic rings. The minimum absolute atomic E-state index is 0.0208. The van der Waals surface area contributed by atoms with E-state index >= 15 is 0 Å². The average Bonchev–Trinajstić information content (AvgIpc) is 3.07. The maximum atomic E-state index is 8.47. The summed E-state index contributed by atoms with van der Waals surface area (Å²) in [6.07, 6.45) is 15.7. The second-order valence-corrected chi connectivity index (χ2v) is 19.6. The fourth-order valence-corrected chi connectivity index (χ4v) is 12.9. The molecular weight excluding hydrogens is 795 g/mol. The fourth-order valence-electron chi connectivity index (χ4n) is 12.0. The number of nitrogens with zero attached hydrogens (tertiary/aromatic N) is 1. The number of halogens is 6. The molecule has 4 atom stereocenters. The first-order chi connectivity index (χ1) is 25.7. The van der Waals surface area contributed by atoms with E-state index in [0.29, 0.717) is 30.1 Å². The first-order valence-corrected chi connectivity index (χ1v) is 22.5. The van der Waals surface area contributed by atoms with Crippen molar-refractivity contribution >= 4 is 69.6 Å². The van der Waals surface area contributed by atoms with Crippen LogP contribution in [0.3, 0.4) is 0 Å². The third kappa shape index (κ3) is 6.98. The number of hydrogen-bond donors (Lipinski definition) is 2. The Labute approximate surface area is 355 Å². The Morgan fingerprint density at radius 2 is 1.07 bits per heavy atom. The molecule has 9 heteroatoms. The molecule has 3 aliphatic carbocycles. The summed E-state index contributed by atoms with van der Waals surface area (Å²) < 4.78 is 0. The van der Waals surface area contributed by atoms with Crippen LogP contribution in [0.4, 0.5) is 0 Å². The van der Waals surface area contributed by atoms with Crippen LogP contribution in [-0.4, -0.2) is 43.2 Å². The minimum atomic E-state index is -0.568. The van der Waals surface area contributed by atoms with Gasteiger partial charge in [0.1, 0.15) is 0 Å². The maximum Gasteiger partial charge on any atom is 0.0595 e. The molecule has 3 aromatic carbocycles. The highest BCUT2D eigenvalue weighted by Crippen LogP contribution is 2.64. The van der Waals surface area contributed by atoms with Crippen molar-refractivity contribution in [2.45, 2.75) is 144 Å². The molecule has 0 radical (unpaired) electrons. The van der Waals surface area contributed by atoms with Crippen molar-refractivity contribution in [1.29, 1.82) is 0 Å². The third-order valence-corrected chi connectivity index (χ3v) is 17.0. The summed E-state index contributed by atoms with van der Waals surface area (Å²) >= 11 is 40.1. The minimum Gasteiger partial charge on any atom is -0.324 e. The molecule has 0 saturated heterocycles. The van der Waals surface area contributed by atoms with Crippen molar-refractivity contribution in [3.63, 3.8) is 0 Å². The van der Waals surface area contributed by atoms with Crippen LogP contribution in [-0.2, 0) is 16.2 Å². The highest BCUT2D eigenvalue weighted by Gasteiger charge is 2.66. The first kappa shape index (κ1) is 42.9. The highest BCUT2D eigenvalue weighted by molar-refractivity contribution is 6.43. The summed E-state index contributed by atoms with van der Waals surface area (Å²) in [5.41, 5.74) is 10.9. The molecule has 0 aliphatic heterocycles. The zero-order chi connectivity index (χ0) is 39.1. The number of nitrogens with two attached hydrogens (primary N) is 1. The molecule has 296 valence electrons. The van der Waals surface area contributed by atoms with Gasteiger partial charge in [0, 0.05) is 33.4 Å². The van der Waals surface area contributed by atoms with Crippen molar-refractivity contribution in [3.05, 3.63) is 101 Å². The van der Waals surface area contributed by atoms with Crippen LogP contribution in [0.25, 0.3) is 0 Å². The van der Waals surface area contributed by atoms with E-state index in [2.05, 4.69) is 81.6 Å². The summed E-state index contributed by atoms with van der Waals surface area (Å²) in [5.74, 6) is 0.0905. The quantitative estimate of drug-likeness (QED) is 0.142. The molecule has 6 rings (SSSR count). The maximum absolute atomic E-state index is 8.47. The summed E-state index contributed by atoms with van der Waals surface area (Å²) in [7, 11) is 6.71. The van der Waals surface area contributed by atoms with Gasteiger partial charge in [-0.05, 0) is 144 Å². The van der Waals surface area contributed by atoms with Gasteiger partial charge in [0.2, 0.25) is 0 Å². The molecule has 0 heterocycles. The lowest BCUT2D eigenvalue weighted by Crippen LogP contribution is -2.77. The van der Waals surface area contributed by atoms with Gasteiger partial charge in [-0.25, -0.2) is 0 Å². The molecule has 3 aromatic rings. The summed E-state index contributed by atoms with van der Waals surface area (Å²) in [6, 6.07) is 19.3. The van der Waals surface area contributed by atoms with E-state index in [4.69, 9.17) is 75.3 Å². The molecule has 0 spiro atoms. The molecule has 4 unspecified atom stereocenters. The van der Waals surface area contributed by atoms with Crippen molar-refractivity contribution < 1.29 is 0 Å². The molecule has 3 N–H and O–H groups in total. The van der Waals surface area contributed by atoms with E-state index in [1.807, 2.05) is 18.2 Å². The van der Waals surface area contributed by atoms with Crippen molar-refractivity contribution in [2.24, 2.45) is 11.7 Å². The smallest absolute Gasteiger partial charge is 0.0595 e. The average molecular weight is 855 g/mol. The summed E-state index contributed by atoms with van der Waals surface area (Å²) in [5, 5.41) is 7.76. The predicted molar refractivity (Wildman–Crippen MR) is 235 cm³/mol. The van der Waals surface area contributed by atoms with Gasteiger partial charge in [0.25, 0.3) is 0 Å². The molecule has 3 saturated carbocycles. The lowest BCUT2D eigenvalue weighted by Gasteiger charge is -2.68. The Bertz CT molecular complexity index is 1780. The van der Waals surface area contributed by atoms with Gasteiger partial charge in [-0.15, -0.1) is 0 Å². The van der Waals surface area contributed by atoms with Crippen LogP contribution in [0, 0.1) is 5.92 Å².